The van der Waals surface area contributed by atoms with E-state index in [0.29, 0.717) is 12.0 Å². The molecule has 1 aromatic heterocycles. The normalized spacial score (nSPS) is 27.0. The van der Waals surface area contributed by atoms with Gasteiger partial charge in [0.15, 0.2) is 0 Å². The molecule has 0 spiro atoms. The molecule has 2 N–H and O–H groups in total. The van der Waals surface area contributed by atoms with Gasteiger partial charge in [-0.15, -0.1) is 0 Å². The Balaban J connectivity index is 2.23. The Morgan fingerprint density at radius 1 is 1.47 bits per heavy atom. The Hall–Kier alpha value is -0.870. The lowest BCUT2D eigenvalue weighted by Gasteiger charge is -2.30. The molecule has 1 saturated heterocycles. The van der Waals surface area contributed by atoms with Crippen LogP contribution in [0.4, 0.5) is 0 Å². The van der Waals surface area contributed by atoms with Crippen LogP contribution in [-0.4, -0.2) is 34.8 Å². The van der Waals surface area contributed by atoms with Gasteiger partial charge in [-0.05, 0) is 45.8 Å². The molecular weight excluding hydrogens is 212 g/mol. The summed E-state index contributed by atoms with van der Waals surface area (Å²) < 4.78 is 2.00. The molecule has 2 unspecified atom stereocenters. The lowest BCUT2D eigenvalue weighted by atomic mass is 9.91. The van der Waals surface area contributed by atoms with Crippen molar-refractivity contribution in [1.82, 2.24) is 14.7 Å². The van der Waals surface area contributed by atoms with E-state index in [9.17, 15) is 0 Å². The van der Waals surface area contributed by atoms with E-state index in [1.807, 2.05) is 10.9 Å². The fraction of sp³-hybridized carbons (Fsp3) is 0.769. The van der Waals surface area contributed by atoms with E-state index in [4.69, 9.17) is 5.73 Å². The first-order valence-electron chi connectivity index (χ1n) is 6.69. The number of hydrogen-bond donors (Lipinski definition) is 1. The van der Waals surface area contributed by atoms with E-state index in [2.05, 4.69) is 30.2 Å². The van der Waals surface area contributed by atoms with E-state index < -0.39 is 0 Å². The Morgan fingerprint density at radius 3 is 2.94 bits per heavy atom. The number of nitrogens with two attached hydrogens (primary N) is 1. The van der Waals surface area contributed by atoms with Crippen LogP contribution in [0.5, 0.6) is 0 Å². The number of aryl methyl sites for hydroxylation is 1. The van der Waals surface area contributed by atoms with E-state index in [1.54, 1.807) is 0 Å². The van der Waals surface area contributed by atoms with Crippen LogP contribution in [0.1, 0.15) is 37.8 Å². The second kappa shape index (κ2) is 5.65. The summed E-state index contributed by atoms with van der Waals surface area (Å²) in [5.74, 6) is 0.567. The number of likely N-dealkylation sites (tertiary alicyclic amines) is 1. The number of hydrogen-bond acceptors (Lipinski definition) is 3. The Kier molecular flexibility index (Phi) is 4.18. The van der Waals surface area contributed by atoms with Crippen molar-refractivity contribution in [1.29, 1.82) is 0 Å². The van der Waals surface area contributed by atoms with Crippen LogP contribution in [0.15, 0.2) is 12.4 Å². The number of rotatable bonds is 3. The second-order valence-corrected chi connectivity index (χ2v) is 5.05. The summed E-state index contributed by atoms with van der Waals surface area (Å²) in [6.45, 7) is 4.99. The second-order valence-electron chi connectivity index (χ2n) is 5.05. The fourth-order valence-electron chi connectivity index (χ4n) is 2.90. The van der Waals surface area contributed by atoms with Crippen molar-refractivity contribution >= 4 is 0 Å². The zero-order chi connectivity index (χ0) is 12.3. The van der Waals surface area contributed by atoms with Gasteiger partial charge in [-0.25, -0.2) is 0 Å². The maximum atomic E-state index is 5.95. The van der Waals surface area contributed by atoms with Gasteiger partial charge in [-0.3, -0.25) is 9.58 Å². The number of nitrogens with zero attached hydrogens (tertiary/aromatic N) is 3. The molecule has 2 atom stereocenters. The van der Waals surface area contributed by atoms with E-state index >= 15 is 0 Å². The Labute approximate surface area is 104 Å². The minimum Gasteiger partial charge on any atom is -0.330 e. The minimum absolute atomic E-state index is 0.447. The molecule has 4 heteroatoms. The van der Waals surface area contributed by atoms with Crippen LogP contribution in [0.3, 0.4) is 0 Å². The lowest BCUT2D eigenvalue weighted by Crippen LogP contribution is -2.32. The van der Waals surface area contributed by atoms with Gasteiger partial charge < -0.3 is 5.73 Å². The average molecular weight is 236 g/mol. The molecule has 0 aliphatic carbocycles. The van der Waals surface area contributed by atoms with Gasteiger partial charge >= 0.3 is 0 Å². The van der Waals surface area contributed by atoms with Gasteiger partial charge in [0.1, 0.15) is 0 Å². The Morgan fingerprint density at radius 2 is 2.29 bits per heavy atom. The van der Waals surface area contributed by atoms with Crippen molar-refractivity contribution < 1.29 is 0 Å². The zero-order valence-electron chi connectivity index (χ0n) is 11.0. The molecule has 17 heavy (non-hydrogen) atoms. The summed E-state index contributed by atoms with van der Waals surface area (Å²) in [7, 11) is 2.21. The van der Waals surface area contributed by atoms with Crippen LogP contribution in [-0.2, 0) is 6.54 Å². The molecule has 1 aliphatic rings. The van der Waals surface area contributed by atoms with Gasteiger partial charge in [-0.2, -0.15) is 5.10 Å². The molecule has 2 rings (SSSR count). The summed E-state index contributed by atoms with van der Waals surface area (Å²) in [6.07, 6.45) is 8.01. The third-order valence-corrected chi connectivity index (χ3v) is 3.88. The SMILES string of the molecule is CCn1cc(C2C(CN)CCCCN2C)cn1. The predicted molar refractivity (Wildman–Crippen MR) is 69.7 cm³/mol. The molecule has 0 aromatic carbocycles. The highest BCUT2D eigenvalue weighted by molar-refractivity contribution is 5.13. The Bertz CT molecular complexity index is 347. The molecule has 1 aromatic rings. The van der Waals surface area contributed by atoms with Gasteiger partial charge in [0.25, 0.3) is 0 Å². The maximum Gasteiger partial charge on any atom is 0.0537 e. The highest BCUT2D eigenvalue weighted by Gasteiger charge is 2.28. The third-order valence-electron chi connectivity index (χ3n) is 3.88. The third kappa shape index (κ3) is 2.69. The zero-order valence-corrected chi connectivity index (χ0v) is 11.0. The fourth-order valence-corrected chi connectivity index (χ4v) is 2.90. The number of aromatic nitrogens is 2. The first kappa shape index (κ1) is 12.6. The standard InChI is InChI=1S/C13H24N4/c1-3-17-10-12(9-15-17)13-11(8-14)6-4-5-7-16(13)2/h9-11,13H,3-8,14H2,1-2H3. The van der Waals surface area contributed by atoms with Crippen molar-refractivity contribution in [3.05, 3.63) is 18.0 Å². The average Bonchev–Trinajstić information content (AvgIpc) is 2.73. The van der Waals surface area contributed by atoms with Crippen molar-refractivity contribution in [3.8, 4) is 0 Å². The summed E-state index contributed by atoms with van der Waals surface area (Å²) in [4.78, 5) is 2.45. The largest absolute Gasteiger partial charge is 0.330 e. The van der Waals surface area contributed by atoms with Crippen molar-refractivity contribution in [3.63, 3.8) is 0 Å². The molecule has 1 fully saturated rings. The van der Waals surface area contributed by atoms with Crippen molar-refractivity contribution in [2.45, 2.75) is 38.8 Å². The monoisotopic (exact) mass is 236 g/mol. The van der Waals surface area contributed by atoms with Gasteiger partial charge in [0.2, 0.25) is 0 Å². The summed E-state index contributed by atoms with van der Waals surface area (Å²) in [6, 6.07) is 0.447. The lowest BCUT2D eigenvalue weighted by molar-refractivity contribution is 0.196. The van der Waals surface area contributed by atoms with Crippen LogP contribution in [0, 0.1) is 5.92 Å². The first-order chi connectivity index (χ1) is 8.26. The van der Waals surface area contributed by atoms with Crippen molar-refractivity contribution in [2.24, 2.45) is 11.7 Å². The summed E-state index contributed by atoms with van der Waals surface area (Å²) in [5, 5.41) is 4.39. The van der Waals surface area contributed by atoms with Gasteiger partial charge in [0.05, 0.1) is 6.20 Å². The summed E-state index contributed by atoms with van der Waals surface area (Å²) in [5.41, 5.74) is 7.27. The van der Waals surface area contributed by atoms with E-state index in [0.717, 1.165) is 13.1 Å². The molecule has 2 heterocycles. The molecule has 0 bridgehead atoms. The smallest absolute Gasteiger partial charge is 0.0537 e. The molecule has 0 radical (unpaired) electrons. The molecule has 1 aliphatic heterocycles. The van der Waals surface area contributed by atoms with Gasteiger partial charge in [-0.1, -0.05) is 6.42 Å². The molecule has 4 nitrogen and oxygen atoms in total. The quantitative estimate of drug-likeness (QED) is 0.868. The highest BCUT2D eigenvalue weighted by atomic mass is 15.3. The first-order valence-corrected chi connectivity index (χ1v) is 6.69. The predicted octanol–water partition coefficient (Wildman–Crippen LogP) is 1.63. The molecule has 96 valence electrons. The highest BCUT2D eigenvalue weighted by Crippen LogP contribution is 2.33. The van der Waals surface area contributed by atoms with Crippen LogP contribution in [0.25, 0.3) is 0 Å². The van der Waals surface area contributed by atoms with Crippen LogP contribution in [0.2, 0.25) is 0 Å². The molecule has 0 saturated carbocycles. The summed E-state index contributed by atoms with van der Waals surface area (Å²) >= 11 is 0. The maximum absolute atomic E-state index is 5.95. The van der Waals surface area contributed by atoms with Crippen molar-refractivity contribution in [2.75, 3.05) is 20.1 Å². The molecule has 0 amide bonds. The van der Waals surface area contributed by atoms with Crippen LogP contribution >= 0.6 is 0 Å². The van der Waals surface area contributed by atoms with Gasteiger partial charge in [0, 0.05) is 24.3 Å². The van der Waals surface area contributed by atoms with Crippen LogP contribution < -0.4 is 5.73 Å². The minimum atomic E-state index is 0.447. The topological polar surface area (TPSA) is 47.1 Å². The van der Waals surface area contributed by atoms with E-state index in [-0.39, 0.29) is 0 Å². The van der Waals surface area contributed by atoms with E-state index in [1.165, 1.54) is 31.4 Å². The molecular formula is C13H24N4.